The molecule has 0 atom stereocenters. The summed E-state index contributed by atoms with van der Waals surface area (Å²) in [7, 11) is 0. The van der Waals surface area contributed by atoms with E-state index >= 15 is 0 Å². The van der Waals surface area contributed by atoms with Crippen molar-refractivity contribution in [3.05, 3.63) is 29.0 Å². The van der Waals surface area contributed by atoms with Crippen molar-refractivity contribution in [3.63, 3.8) is 0 Å². The van der Waals surface area contributed by atoms with Crippen LogP contribution in [0.3, 0.4) is 0 Å². The van der Waals surface area contributed by atoms with E-state index in [4.69, 9.17) is 16.0 Å². The van der Waals surface area contributed by atoms with E-state index in [1.165, 1.54) is 6.26 Å². The molecule has 0 saturated heterocycles. The van der Waals surface area contributed by atoms with Crippen molar-refractivity contribution in [1.82, 2.24) is 0 Å². The lowest BCUT2D eigenvalue weighted by molar-refractivity contribution is 0.464. The van der Waals surface area contributed by atoms with Gasteiger partial charge in [-0.25, -0.2) is 0 Å². The van der Waals surface area contributed by atoms with E-state index in [1.54, 1.807) is 12.1 Å². The minimum atomic E-state index is 0.135. The molecule has 62 valence electrons. The predicted octanol–water partition coefficient (Wildman–Crippen LogP) is 3.10. The summed E-state index contributed by atoms with van der Waals surface area (Å²) >= 11 is 5.80. The number of aryl methyl sites for hydroxylation is 1. The van der Waals surface area contributed by atoms with Crippen LogP contribution in [0.5, 0.6) is 5.75 Å². The summed E-state index contributed by atoms with van der Waals surface area (Å²) in [6.45, 7) is 1.89. The molecule has 2 aromatic rings. The Morgan fingerprint density at radius 2 is 2.17 bits per heavy atom. The normalized spacial score (nSPS) is 10.8. The summed E-state index contributed by atoms with van der Waals surface area (Å²) in [5.41, 5.74) is 1.62. The lowest BCUT2D eigenvalue weighted by Crippen LogP contribution is -1.73. The average Bonchev–Trinajstić information content (AvgIpc) is 2.33. The Labute approximate surface area is 74.4 Å². The Morgan fingerprint density at radius 3 is 2.92 bits per heavy atom. The minimum absolute atomic E-state index is 0.135. The second kappa shape index (κ2) is 2.42. The summed E-state index contributed by atoms with van der Waals surface area (Å²) < 4.78 is 5.13. The molecule has 0 bridgehead atoms. The van der Waals surface area contributed by atoms with Crippen LogP contribution in [0.15, 0.2) is 22.8 Å². The predicted molar refractivity (Wildman–Crippen MR) is 47.6 cm³/mol. The summed E-state index contributed by atoms with van der Waals surface area (Å²) in [6.07, 6.45) is 1.31. The highest BCUT2D eigenvalue weighted by Gasteiger charge is 2.07. The zero-order chi connectivity index (χ0) is 8.72. The maximum atomic E-state index is 9.31. The van der Waals surface area contributed by atoms with Crippen LogP contribution >= 0.6 is 11.6 Å². The van der Waals surface area contributed by atoms with Crippen LogP contribution in [0.2, 0.25) is 5.02 Å². The Balaban J connectivity index is 2.92. The van der Waals surface area contributed by atoms with Gasteiger partial charge in [-0.1, -0.05) is 11.6 Å². The first-order valence-corrected chi connectivity index (χ1v) is 3.92. The van der Waals surface area contributed by atoms with E-state index in [2.05, 4.69) is 0 Å². The lowest BCUT2D eigenvalue weighted by Gasteiger charge is -1.95. The molecule has 12 heavy (non-hydrogen) atoms. The van der Waals surface area contributed by atoms with Crippen molar-refractivity contribution in [1.29, 1.82) is 0 Å². The number of hydrogen-bond donors (Lipinski definition) is 1. The van der Waals surface area contributed by atoms with E-state index in [0.717, 1.165) is 5.56 Å². The molecule has 0 spiro atoms. The molecule has 0 unspecified atom stereocenters. The molecular weight excluding hydrogens is 176 g/mol. The third-order valence-corrected chi connectivity index (χ3v) is 2.02. The molecule has 0 radical (unpaired) electrons. The Bertz CT molecular complexity index is 431. The van der Waals surface area contributed by atoms with Gasteiger partial charge in [0.05, 0.1) is 5.39 Å². The second-order valence-electron chi connectivity index (χ2n) is 2.72. The van der Waals surface area contributed by atoms with E-state index in [0.29, 0.717) is 16.0 Å². The van der Waals surface area contributed by atoms with Gasteiger partial charge in [-0.2, -0.15) is 0 Å². The van der Waals surface area contributed by atoms with Crippen molar-refractivity contribution < 1.29 is 9.52 Å². The van der Waals surface area contributed by atoms with Crippen molar-refractivity contribution >= 4 is 22.6 Å². The van der Waals surface area contributed by atoms with Crippen LogP contribution in [-0.2, 0) is 0 Å². The van der Waals surface area contributed by atoms with Crippen molar-refractivity contribution in [3.8, 4) is 5.75 Å². The lowest BCUT2D eigenvalue weighted by atomic mass is 10.2. The summed E-state index contributed by atoms with van der Waals surface area (Å²) in [4.78, 5) is 0. The quantitative estimate of drug-likeness (QED) is 0.679. The van der Waals surface area contributed by atoms with Gasteiger partial charge in [0, 0.05) is 5.02 Å². The summed E-state index contributed by atoms with van der Waals surface area (Å²) in [5, 5.41) is 10.6. The van der Waals surface area contributed by atoms with Crippen LogP contribution in [-0.4, -0.2) is 5.11 Å². The van der Waals surface area contributed by atoms with Gasteiger partial charge < -0.3 is 9.52 Å². The largest absolute Gasteiger partial charge is 0.504 e. The Kier molecular flexibility index (Phi) is 1.51. The SMILES string of the molecule is Cc1cc(Cl)cc2c(O)coc12. The molecule has 1 N–H and O–H groups in total. The molecule has 0 saturated carbocycles. The molecule has 3 heteroatoms. The number of hydrogen-bond acceptors (Lipinski definition) is 2. The minimum Gasteiger partial charge on any atom is -0.504 e. The Hall–Kier alpha value is -1.15. The zero-order valence-electron chi connectivity index (χ0n) is 6.47. The van der Waals surface area contributed by atoms with E-state index in [-0.39, 0.29) is 5.75 Å². The van der Waals surface area contributed by atoms with Crippen LogP contribution in [0, 0.1) is 6.92 Å². The molecule has 0 aliphatic heterocycles. The fraction of sp³-hybridized carbons (Fsp3) is 0.111. The maximum absolute atomic E-state index is 9.31. The van der Waals surface area contributed by atoms with Crippen LogP contribution in [0.4, 0.5) is 0 Å². The number of benzene rings is 1. The van der Waals surface area contributed by atoms with Crippen LogP contribution in [0.25, 0.3) is 11.0 Å². The van der Waals surface area contributed by atoms with Gasteiger partial charge >= 0.3 is 0 Å². The zero-order valence-corrected chi connectivity index (χ0v) is 7.22. The first-order chi connectivity index (χ1) is 5.68. The number of aromatic hydroxyl groups is 1. The number of halogens is 1. The maximum Gasteiger partial charge on any atom is 0.161 e. The Morgan fingerprint density at radius 1 is 1.42 bits per heavy atom. The van der Waals surface area contributed by atoms with E-state index in [1.807, 2.05) is 6.92 Å². The fourth-order valence-corrected chi connectivity index (χ4v) is 1.53. The van der Waals surface area contributed by atoms with E-state index < -0.39 is 0 Å². The molecule has 0 amide bonds. The molecular formula is C9H7ClO2. The van der Waals surface area contributed by atoms with Crippen molar-refractivity contribution in [2.24, 2.45) is 0 Å². The summed E-state index contributed by atoms with van der Waals surface area (Å²) in [5.74, 6) is 0.135. The third-order valence-electron chi connectivity index (χ3n) is 1.80. The third kappa shape index (κ3) is 0.959. The van der Waals surface area contributed by atoms with Crippen LogP contribution in [0.1, 0.15) is 5.56 Å². The van der Waals surface area contributed by atoms with Crippen LogP contribution < -0.4 is 0 Å². The van der Waals surface area contributed by atoms with Crippen molar-refractivity contribution in [2.45, 2.75) is 6.92 Å². The highest BCUT2D eigenvalue weighted by Crippen LogP contribution is 2.31. The number of fused-ring (bicyclic) bond motifs is 1. The molecule has 1 heterocycles. The molecule has 0 aliphatic carbocycles. The molecule has 2 rings (SSSR count). The molecule has 1 aromatic carbocycles. The first-order valence-electron chi connectivity index (χ1n) is 3.55. The average molecular weight is 183 g/mol. The smallest absolute Gasteiger partial charge is 0.161 e. The van der Waals surface area contributed by atoms with Gasteiger partial charge in [-0.05, 0) is 24.6 Å². The van der Waals surface area contributed by atoms with Gasteiger partial charge in [0.25, 0.3) is 0 Å². The highest BCUT2D eigenvalue weighted by atomic mass is 35.5. The molecule has 0 fully saturated rings. The fourth-order valence-electron chi connectivity index (χ4n) is 1.25. The monoisotopic (exact) mass is 182 g/mol. The van der Waals surface area contributed by atoms with Gasteiger partial charge in [0.2, 0.25) is 0 Å². The second-order valence-corrected chi connectivity index (χ2v) is 3.16. The van der Waals surface area contributed by atoms with Gasteiger partial charge in [-0.3, -0.25) is 0 Å². The molecule has 2 nitrogen and oxygen atoms in total. The van der Waals surface area contributed by atoms with E-state index in [9.17, 15) is 5.11 Å². The first kappa shape index (κ1) is 7.50. The van der Waals surface area contributed by atoms with Gasteiger partial charge in [0.1, 0.15) is 11.8 Å². The number of rotatable bonds is 0. The summed E-state index contributed by atoms with van der Waals surface area (Å²) in [6, 6.07) is 3.48. The molecule has 0 aliphatic rings. The van der Waals surface area contributed by atoms with Crippen molar-refractivity contribution in [2.75, 3.05) is 0 Å². The van der Waals surface area contributed by atoms with Gasteiger partial charge in [-0.15, -0.1) is 0 Å². The topological polar surface area (TPSA) is 33.4 Å². The van der Waals surface area contributed by atoms with Gasteiger partial charge in [0.15, 0.2) is 5.75 Å². The standard InChI is InChI=1S/C9H7ClO2/c1-5-2-6(10)3-7-8(11)4-12-9(5)7/h2-4,11H,1H3. The molecule has 1 aromatic heterocycles. The number of furan rings is 1. The highest BCUT2D eigenvalue weighted by molar-refractivity contribution is 6.31.